The van der Waals surface area contributed by atoms with E-state index in [1.165, 1.54) is 12.1 Å². The third-order valence-corrected chi connectivity index (χ3v) is 3.23. The number of hydrogen-bond acceptors (Lipinski definition) is 4. The standard InChI is InChI=1S/C14H21N3O3/c1-4-16(3)14(18)11(2)15-10-9-12-5-7-13(8-6-12)17(19)20/h5-8,11,15H,4,9-10H2,1-3H3. The Hall–Kier alpha value is -1.95. The molecule has 0 aliphatic rings. The first kappa shape index (κ1) is 16.1. The molecule has 6 heteroatoms. The molecule has 1 atom stereocenters. The first-order chi connectivity index (χ1) is 9.45. The highest BCUT2D eigenvalue weighted by atomic mass is 16.6. The molecule has 0 aliphatic heterocycles. The number of nitrogens with one attached hydrogen (secondary N) is 1. The van der Waals surface area contributed by atoms with Gasteiger partial charge in [0.05, 0.1) is 11.0 Å². The van der Waals surface area contributed by atoms with E-state index in [2.05, 4.69) is 5.32 Å². The average molecular weight is 279 g/mol. The lowest BCUT2D eigenvalue weighted by atomic mass is 10.1. The van der Waals surface area contributed by atoms with Crippen molar-refractivity contribution in [3.8, 4) is 0 Å². The zero-order chi connectivity index (χ0) is 15.1. The number of carbonyl (C=O) groups excluding carboxylic acids is 1. The zero-order valence-electron chi connectivity index (χ0n) is 12.1. The van der Waals surface area contributed by atoms with Crippen molar-refractivity contribution in [1.82, 2.24) is 10.2 Å². The molecule has 0 heterocycles. The van der Waals surface area contributed by atoms with Gasteiger partial charge in [-0.05, 0) is 32.4 Å². The Morgan fingerprint density at radius 2 is 2.00 bits per heavy atom. The number of carbonyl (C=O) groups is 1. The summed E-state index contributed by atoms with van der Waals surface area (Å²) < 4.78 is 0. The Kier molecular flexibility index (Phi) is 6.11. The zero-order valence-corrected chi connectivity index (χ0v) is 12.1. The lowest BCUT2D eigenvalue weighted by Gasteiger charge is -2.20. The predicted molar refractivity (Wildman–Crippen MR) is 77.6 cm³/mol. The number of non-ortho nitro benzene ring substituents is 1. The van der Waals surface area contributed by atoms with E-state index in [1.807, 2.05) is 13.8 Å². The van der Waals surface area contributed by atoms with Crippen LogP contribution in [-0.4, -0.2) is 41.9 Å². The van der Waals surface area contributed by atoms with Crippen LogP contribution in [0.5, 0.6) is 0 Å². The maximum absolute atomic E-state index is 11.8. The quantitative estimate of drug-likeness (QED) is 0.607. The van der Waals surface area contributed by atoms with Gasteiger partial charge in [0.25, 0.3) is 5.69 Å². The topological polar surface area (TPSA) is 75.5 Å². The van der Waals surface area contributed by atoms with E-state index in [0.29, 0.717) is 13.1 Å². The van der Waals surface area contributed by atoms with Gasteiger partial charge in [0.2, 0.25) is 5.91 Å². The number of benzene rings is 1. The first-order valence-electron chi connectivity index (χ1n) is 6.67. The second-order valence-corrected chi connectivity index (χ2v) is 4.70. The average Bonchev–Trinajstić information content (AvgIpc) is 2.45. The second kappa shape index (κ2) is 7.59. The lowest BCUT2D eigenvalue weighted by molar-refractivity contribution is -0.384. The van der Waals surface area contributed by atoms with Gasteiger partial charge in [-0.3, -0.25) is 14.9 Å². The molecule has 1 rings (SSSR count). The van der Waals surface area contributed by atoms with Gasteiger partial charge >= 0.3 is 0 Å². The summed E-state index contributed by atoms with van der Waals surface area (Å²) in [5, 5.41) is 13.7. The largest absolute Gasteiger partial charge is 0.345 e. The molecule has 20 heavy (non-hydrogen) atoms. The Morgan fingerprint density at radius 1 is 1.40 bits per heavy atom. The van der Waals surface area contributed by atoms with Gasteiger partial charge in [-0.25, -0.2) is 0 Å². The molecule has 1 amide bonds. The summed E-state index contributed by atoms with van der Waals surface area (Å²) in [6.45, 7) is 5.11. The van der Waals surface area contributed by atoms with Crippen molar-refractivity contribution in [2.24, 2.45) is 0 Å². The molecule has 0 aliphatic carbocycles. The Labute approximate surface area is 118 Å². The summed E-state index contributed by atoms with van der Waals surface area (Å²) >= 11 is 0. The monoisotopic (exact) mass is 279 g/mol. The van der Waals surface area contributed by atoms with Gasteiger partial charge in [-0.2, -0.15) is 0 Å². The fourth-order valence-electron chi connectivity index (χ4n) is 1.79. The van der Waals surface area contributed by atoms with Crippen molar-refractivity contribution in [1.29, 1.82) is 0 Å². The molecule has 0 aromatic heterocycles. The van der Waals surface area contributed by atoms with E-state index in [-0.39, 0.29) is 17.6 Å². The Balaban J connectivity index is 2.40. The van der Waals surface area contributed by atoms with Crippen LogP contribution in [0.25, 0.3) is 0 Å². The molecule has 1 unspecified atom stereocenters. The van der Waals surface area contributed by atoms with Gasteiger partial charge in [-0.1, -0.05) is 12.1 Å². The molecule has 0 radical (unpaired) electrons. The van der Waals surface area contributed by atoms with E-state index in [9.17, 15) is 14.9 Å². The Bertz CT molecular complexity index is 459. The van der Waals surface area contributed by atoms with Gasteiger partial charge in [0.1, 0.15) is 0 Å². The summed E-state index contributed by atoms with van der Waals surface area (Å²) in [7, 11) is 1.77. The molecule has 0 saturated heterocycles. The maximum atomic E-state index is 11.8. The number of rotatable bonds is 7. The fraction of sp³-hybridized carbons (Fsp3) is 0.500. The molecule has 110 valence electrons. The van der Waals surface area contributed by atoms with E-state index in [4.69, 9.17) is 0 Å². The van der Waals surface area contributed by atoms with Crippen LogP contribution in [0.3, 0.4) is 0 Å². The Morgan fingerprint density at radius 3 is 2.50 bits per heavy atom. The van der Waals surface area contributed by atoms with Crippen LogP contribution in [0.4, 0.5) is 5.69 Å². The lowest BCUT2D eigenvalue weighted by Crippen LogP contribution is -2.43. The molecule has 0 fully saturated rings. The number of nitrogens with zero attached hydrogens (tertiary/aromatic N) is 2. The van der Waals surface area contributed by atoms with Gasteiger partial charge < -0.3 is 10.2 Å². The fourth-order valence-corrected chi connectivity index (χ4v) is 1.79. The summed E-state index contributed by atoms with van der Waals surface area (Å²) in [6.07, 6.45) is 0.728. The van der Waals surface area contributed by atoms with Crippen molar-refractivity contribution in [2.75, 3.05) is 20.1 Å². The number of nitro groups is 1. The highest BCUT2D eigenvalue weighted by Gasteiger charge is 2.15. The van der Waals surface area contributed by atoms with Crippen molar-refractivity contribution in [3.05, 3.63) is 39.9 Å². The second-order valence-electron chi connectivity index (χ2n) is 4.70. The molecule has 1 aromatic rings. The molecule has 1 aromatic carbocycles. The first-order valence-corrected chi connectivity index (χ1v) is 6.67. The summed E-state index contributed by atoms with van der Waals surface area (Å²) in [4.78, 5) is 23.6. The van der Waals surface area contributed by atoms with E-state index in [1.54, 1.807) is 24.1 Å². The normalized spacial score (nSPS) is 11.9. The van der Waals surface area contributed by atoms with Crippen molar-refractivity contribution < 1.29 is 9.72 Å². The SMILES string of the molecule is CCN(C)C(=O)C(C)NCCc1ccc([N+](=O)[O-])cc1. The van der Waals surface area contributed by atoms with Crippen LogP contribution in [0.2, 0.25) is 0 Å². The highest BCUT2D eigenvalue weighted by molar-refractivity contribution is 5.81. The van der Waals surface area contributed by atoms with Crippen LogP contribution in [0, 0.1) is 10.1 Å². The van der Waals surface area contributed by atoms with Crippen LogP contribution in [0.15, 0.2) is 24.3 Å². The van der Waals surface area contributed by atoms with E-state index in [0.717, 1.165) is 12.0 Å². The number of nitro benzene ring substituents is 1. The number of likely N-dealkylation sites (N-methyl/N-ethyl adjacent to an activating group) is 1. The molecule has 0 bridgehead atoms. The molecule has 0 spiro atoms. The third-order valence-electron chi connectivity index (χ3n) is 3.23. The highest BCUT2D eigenvalue weighted by Crippen LogP contribution is 2.11. The van der Waals surface area contributed by atoms with Crippen LogP contribution < -0.4 is 5.32 Å². The minimum atomic E-state index is -0.413. The van der Waals surface area contributed by atoms with Crippen LogP contribution in [0.1, 0.15) is 19.4 Å². The van der Waals surface area contributed by atoms with E-state index < -0.39 is 4.92 Å². The van der Waals surface area contributed by atoms with Gasteiger partial charge in [0.15, 0.2) is 0 Å². The minimum absolute atomic E-state index is 0.0659. The van der Waals surface area contributed by atoms with Gasteiger partial charge in [-0.15, -0.1) is 0 Å². The molecule has 0 saturated carbocycles. The molecular weight excluding hydrogens is 258 g/mol. The van der Waals surface area contributed by atoms with E-state index >= 15 is 0 Å². The molecule has 1 N–H and O–H groups in total. The van der Waals surface area contributed by atoms with Crippen molar-refractivity contribution in [2.45, 2.75) is 26.3 Å². The third kappa shape index (κ3) is 4.62. The molecular formula is C14H21N3O3. The van der Waals surface area contributed by atoms with Crippen LogP contribution in [-0.2, 0) is 11.2 Å². The molecule has 6 nitrogen and oxygen atoms in total. The predicted octanol–water partition coefficient (Wildman–Crippen LogP) is 1.59. The number of hydrogen-bond donors (Lipinski definition) is 1. The minimum Gasteiger partial charge on any atom is -0.345 e. The smallest absolute Gasteiger partial charge is 0.269 e. The van der Waals surface area contributed by atoms with Crippen LogP contribution >= 0.6 is 0 Å². The van der Waals surface area contributed by atoms with Crippen molar-refractivity contribution in [3.63, 3.8) is 0 Å². The maximum Gasteiger partial charge on any atom is 0.269 e. The summed E-state index contributed by atoms with van der Waals surface area (Å²) in [6, 6.07) is 6.25. The summed E-state index contributed by atoms with van der Waals surface area (Å²) in [5.74, 6) is 0.0659. The number of amides is 1. The summed E-state index contributed by atoms with van der Waals surface area (Å²) in [5.41, 5.74) is 1.10. The van der Waals surface area contributed by atoms with Crippen molar-refractivity contribution >= 4 is 11.6 Å². The van der Waals surface area contributed by atoms with Gasteiger partial charge in [0, 0.05) is 25.7 Å².